The summed E-state index contributed by atoms with van der Waals surface area (Å²) in [5, 5.41) is 0.631. The van der Waals surface area contributed by atoms with Gasteiger partial charge in [0.05, 0.1) is 12.7 Å². The first-order chi connectivity index (χ1) is 10.6. The second-order valence-electron chi connectivity index (χ2n) is 5.60. The highest BCUT2D eigenvalue weighted by Gasteiger charge is 2.22. The number of hydrogen-bond donors (Lipinski definition) is 0. The van der Waals surface area contributed by atoms with Crippen LogP contribution in [0.25, 0.3) is 0 Å². The molecule has 2 aromatic carbocycles. The molecule has 0 saturated heterocycles. The van der Waals surface area contributed by atoms with Crippen LogP contribution in [0.2, 0.25) is 5.02 Å². The van der Waals surface area contributed by atoms with Crippen molar-refractivity contribution < 1.29 is 9.53 Å². The molecule has 0 bridgehead atoms. The predicted octanol–water partition coefficient (Wildman–Crippen LogP) is 3.55. The monoisotopic (exact) mass is 315 g/mol. The molecule has 1 unspecified atom stereocenters. The van der Waals surface area contributed by atoms with Gasteiger partial charge in [-0.05, 0) is 35.4 Å². The Balaban J connectivity index is 1.64. The van der Waals surface area contributed by atoms with Crippen LogP contribution in [0.1, 0.15) is 21.5 Å². The number of likely N-dealkylation sites (N-methyl/N-ethyl adjacent to an activating group) is 1. The second-order valence-corrected chi connectivity index (χ2v) is 6.03. The first-order valence-electron chi connectivity index (χ1n) is 7.33. The van der Waals surface area contributed by atoms with Gasteiger partial charge in [-0.25, -0.2) is 0 Å². The summed E-state index contributed by atoms with van der Waals surface area (Å²) in [5.74, 6) is -0.0147. The van der Waals surface area contributed by atoms with Crippen LogP contribution < -0.4 is 0 Å². The summed E-state index contributed by atoms with van der Waals surface area (Å²) in [4.78, 5) is 14.1. The van der Waals surface area contributed by atoms with E-state index in [-0.39, 0.29) is 12.0 Å². The van der Waals surface area contributed by atoms with Gasteiger partial charge < -0.3 is 9.64 Å². The third-order valence-corrected chi connectivity index (χ3v) is 4.21. The number of ether oxygens (including phenoxy) is 1. The molecule has 1 aliphatic rings. The molecule has 3 nitrogen and oxygen atoms in total. The molecule has 114 valence electrons. The van der Waals surface area contributed by atoms with Crippen molar-refractivity contribution in [3.05, 3.63) is 70.2 Å². The molecule has 0 spiro atoms. The van der Waals surface area contributed by atoms with E-state index >= 15 is 0 Å². The molecule has 0 saturated carbocycles. The maximum Gasteiger partial charge on any atom is 0.253 e. The molecule has 0 radical (unpaired) electrons. The van der Waals surface area contributed by atoms with E-state index in [9.17, 15) is 4.79 Å². The van der Waals surface area contributed by atoms with E-state index in [1.54, 1.807) is 36.2 Å². The van der Waals surface area contributed by atoms with Crippen LogP contribution in [0.4, 0.5) is 0 Å². The van der Waals surface area contributed by atoms with Crippen LogP contribution in [-0.2, 0) is 17.8 Å². The summed E-state index contributed by atoms with van der Waals surface area (Å²) in [7, 11) is 1.81. The third kappa shape index (κ3) is 3.32. The third-order valence-electron chi connectivity index (χ3n) is 3.96. The van der Waals surface area contributed by atoms with Gasteiger partial charge in [0.15, 0.2) is 0 Å². The molecule has 1 atom stereocenters. The molecule has 1 amide bonds. The van der Waals surface area contributed by atoms with Crippen molar-refractivity contribution in [2.75, 3.05) is 13.6 Å². The maximum absolute atomic E-state index is 12.4. The zero-order valence-electron chi connectivity index (χ0n) is 12.5. The Kier molecular flexibility index (Phi) is 4.46. The first-order valence-corrected chi connectivity index (χ1v) is 7.70. The molecule has 1 heterocycles. The molecular weight excluding hydrogens is 298 g/mol. The number of rotatable bonds is 3. The van der Waals surface area contributed by atoms with Gasteiger partial charge in [-0.3, -0.25) is 4.79 Å². The van der Waals surface area contributed by atoms with Crippen LogP contribution in [-0.4, -0.2) is 30.5 Å². The number of hydrogen-bond acceptors (Lipinski definition) is 2. The number of carbonyl (C=O) groups excluding carboxylic acids is 1. The highest BCUT2D eigenvalue weighted by atomic mass is 35.5. The summed E-state index contributed by atoms with van der Waals surface area (Å²) in [5.41, 5.74) is 3.19. The van der Waals surface area contributed by atoms with Gasteiger partial charge >= 0.3 is 0 Å². The fourth-order valence-corrected chi connectivity index (χ4v) is 2.85. The molecule has 0 aromatic heterocycles. The summed E-state index contributed by atoms with van der Waals surface area (Å²) in [6.07, 6.45) is 0.880. The minimum Gasteiger partial charge on any atom is -0.371 e. The Morgan fingerprint density at radius 2 is 1.86 bits per heavy atom. The van der Waals surface area contributed by atoms with Crippen LogP contribution in [0.15, 0.2) is 48.5 Å². The smallest absolute Gasteiger partial charge is 0.253 e. The minimum absolute atomic E-state index is 0.0147. The SMILES string of the molecule is CN(CC1Cc2ccccc2CO1)C(=O)c1ccc(Cl)cc1. The van der Waals surface area contributed by atoms with Crippen molar-refractivity contribution in [2.45, 2.75) is 19.1 Å². The molecule has 0 fully saturated rings. The van der Waals surface area contributed by atoms with Gasteiger partial charge in [-0.15, -0.1) is 0 Å². The summed E-state index contributed by atoms with van der Waals surface area (Å²) in [6.45, 7) is 1.19. The quantitative estimate of drug-likeness (QED) is 0.867. The Bertz CT molecular complexity index is 669. The lowest BCUT2D eigenvalue weighted by atomic mass is 9.99. The Hall–Kier alpha value is -1.84. The highest BCUT2D eigenvalue weighted by molar-refractivity contribution is 6.30. The van der Waals surface area contributed by atoms with E-state index in [4.69, 9.17) is 16.3 Å². The van der Waals surface area contributed by atoms with Crippen molar-refractivity contribution in [3.63, 3.8) is 0 Å². The van der Waals surface area contributed by atoms with Crippen molar-refractivity contribution in [1.82, 2.24) is 4.90 Å². The molecule has 4 heteroatoms. The number of carbonyl (C=O) groups is 1. The molecule has 0 N–H and O–H groups in total. The lowest BCUT2D eigenvalue weighted by molar-refractivity contribution is 0.00985. The molecule has 2 aromatic rings. The fraction of sp³-hybridized carbons (Fsp3) is 0.278. The number of nitrogens with zero attached hydrogens (tertiary/aromatic N) is 1. The molecule has 0 aliphatic carbocycles. The van der Waals surface area contributed by atoms with E-state index in [2.05, 4.69) is 12.1 Å². The topological polar surface area (TPSA) is 29.5 Å². The Morgan fingerprint density at radius 3 is 2.59 bits per heavy atom. The average Bonchev–Trinajstić information content (AvgIpc) is 2.55. The lowest BCUT2D eigenvalue weighted by Crippen LogP contribution is -2.38. The van der Waals surface area contributed by atoms with Gasteiger partial charge in [-0.2, -0.15) is 0 Å². The van der Waals surface area contributed by atoms with Crippen molar-refractivity contribution >= 4 is 17.5 Å². The normalized spacial score (nSPS) is 16.9. The van der Waals surface area contributed by atoms with Gasteiger partial charge in [0.2, 0.25) is 0 Å². The van der Waals surface area contributed by atoms with Crippen LogP contribution >= 0.6 is 11.6 Å². The second kappa shape index (κ2) is 6.51. The van der Waals surface area contributed by atoms with Crippen LogP contribution in [0.5, 0.6) is 0 Å². The highest BCUT2D eigenvalue weighted by Crippen LogP contribution is 2.21. The number of benzene rings is 2. The summed E-state index contributed by atoms with van der Waals surface area (Å²) >= 11 is 5.85. The minimum atomic E-state index is -0.0147. The lowest BCUT2D eigenvalue weighted by Gasteiger charge is -2.29. The van der Waals surface area contributed by atoms with Gasteiger partial charge in [-0.1, -0.05) is 35.9 Å². The number of fused-ring (bicyclic) bond motifs is 1. The summed E-state index contributed by atoms with van der Waals surface area (Å²) < 4.78 is 5.87. The first kappa shape index (κ1) is 15.1. The predicted molar refractivity (Wildman–Crippen MR) is 87.1 cm³/mol. The van der Waals surface area contributed by atoms with Crippen molar-refractivity contribution in [2.24, 2.45) is 0 Å². The van der Waals surface area contributed by atoms with E-state index in [1.807, 2.05) is 12.1 Å². The molecular formula is C18H18ClNO2. The Labute approximate surface area is 135 Å². The standard InChI is InChI=1S/C18H18ClNO2/c1-20(18(21)13-6-8-16(19)9-7-13)11-17-10-14-4-2-3-5-15(14)12-22-17/h2-9,17H,10-12H2,1H3. The zero-order chi connectivity index (χ0) is 15.5. The van der Waals surface area contributed by atoms with Gasteiger partial charge in [0.1, 0.15) is 0 Å². The largest absolute Gasteiger partial charge is 0.371 e. The average molecular weight is 316 g/mol. The van der Waals surface area contributed by atoms with Crippen molar-refractivity contribution in [1.29, 1.82) is 0 Å². The van der Waals surface area contributed by atoms with Crippen LogP contribution in [0.3, 0.4) is 0 Å². The molecule has 1 aliphatic heterocycles. The van der Waals surface area contributed by atoms with Gasteiger partial charge in [0.25, 0.3) is 5.91 Å². The fourth-order valence-electron chi connectivity index (χ4n) is 2.73. The number of amides is 1. The van der Waals surface area contributed by atoms with E-state index in [0.717, 1.165) is 6.42 Å². The van der Waals surface area contributed by atoms with Crippen molar-refractivity contribution in [3.8, 4) is 0 Å². The Morgan fingerprint density at radius 1 is 1.18 bits per heavy atom. The summed E-state index contributed by atoms with van der Waals surface area (Å²) in [6, 6.07) is 15.3. The number of halogens is 1. The van der Waals surface area contributed by atoms with Crippen LogP contribution in [0, 0.1) is 0 Å². The zero-order valence-corrected chi connectivity index (χ0v) is 13.2. The molecule has 22 heavy (non-hydrogen) atoms. The van der Waals surface area contributed by atoms with Gasteiger partial charge in [0, 0.05) is 30.6 Å². The molecule has 3 rings (SSSR count). The van der Waals surface area contributed by atoms with E-state index < -0.39 is 0 Å². The maximum atomic E-state index is 12.4. The van der Waals surface area contributed by atoms with E-state index in [1.165, 1.54) is 11.1 Å². The van der Waals surface area contributed by atoms with E-state index in [0.29, 0.717) is 23.7 Å².